The SMILES string of the molecule is CN1c2ccc3ncccc3c2N(O)C1[AsH2]. The summed E-state index contributed by atoms with van der Waals surface area (Å²) < 4.78 is 0. The van der Waals surface area contributed by atoms with Crippen LogP contribution in [0.15, 0.2) is 30.5 Å². The molecule has 1 aliphatic rings. The van der Waals surface area contributed by atoms with E-state index in [4.69, 9.17) is 0 Å². The van der Waals surface area contributed by atoms with Gasteiger partial charge in [0.2, 0.25) is 0 Å². The number of fused-ring (bicyclic) bond motifs is 3. The second-order valence-corrected chi connectivity index (χ2v) is 5.12. The Morgan fingerprint density at radius 1 is 1.38 bits per heavy atom. The van der Waals surface area contributed by atoms with Gasteiger partial charge < -0.3 is 0 Å². The number of anilines is 2. The molecule has 0 amide bonds. The normalized spacial score (nSPS) is 19.3. The van der Waals surface area contributed by atoms with Crippen molar-refractivity contribution in [3.63, 3.8) is 0 Å². The standard InChI is InChI=1S/C11H12AsN3O/c1-14-9-5-4-8-7(3-2-6-13-8)10(9)15(16)11(14)12/h2-6,11,16H,12H2,1H3. The third-order valence-electron chi connectivity index (χ3n) is 2.99. The van der Waals surface area contributed by atoms with Crippen molar-refractivity contribution < 1.29 is 5.21 Å². The van der Waals surface area contributed by atoms with Gasteiger partial charge in [-0.25, -0.2) is 0 Å². The molecule has 16 heavy (non-hydrogen) atoms. The molecule has 5 heteroatoms. The van der Waals surface area contributed by atoms with Crippen LogP contribution in [0.1, 0.15) is 0 Å². The summed E-state index contributed by atoms with van der Waals surface area (Å²) in [5.41, 5.74) is 2.83. The molecule has 2 heterocycles. The molecule has 2 atom stereocenters. The minimum atomic E-state index is 0.0216. The maximum absolute atomic E-state index is 10.1. The van der Waals surface area contributed by atoms with E-state index in [1.165, 1.54) is 21.9 Å². The van der Waals surface area contributed by atoms with Crippen molar-refractivity contribution >= 4 is 39.1 Å². The van der Waals surface area contributed by atoms with Gasteiger partial charge in [-0.3, -0.25) is 0 Å². The van der Waals surface area contributed by atoms with Crippen molar-refractivity contribution in [1.82, 2.24) is 4.98 Å². The number of rotatable bonds is 0. The van der Waals surface area contributed by atoms with Crippen LogP contribution in [0.3, 0.4) is 0 Å². The average molecular weight is 277 g/mol. The Morgan fingerprint density at radius 3 is 3.00 bits per heavy atom. The minimum absolute atomic E-state index is 0.0216. The molecule has 1 aromatic heterocycles. The molecule has 0 saturated carbocycles. The fourth-order valence-electron chi connectivity index (χ4n) is 2.09. The second kappa shape index (κ2) is 3.37. The Bertz CT molecular complexity index is 560. The number of hydrogen-bond acceptors (Lipinski definition) is 4. The topological polar surface area (TPSA) is 39.6 Å². The van der Waals surface area contributed by atoms with Crippen molar-refractivity contribution in [2.45, 2.75) is 4.95 Å². The third-order valence-corrected chi connectivity index (χ3v) is 4.52. The average Bonchev–Trinajstić information content (AvgIpc) is 2.55. The zero-order valence-corrected chi connectivity index (χ0v) is 11.3. The van der Waals surface area contributed by atoms with E-state index in [1.807, 2.05) is 31.3 Å². The van der Waals surface area contributed by atoms with E-state index in [1.54, 1.807) is 6.20 Å². The maximum atomic E-state index is 10.1. The van der Waals surface area contributed by atoms with Gasteiger partial charge in [0.25, 0.3) is 0 Å². The van der Waals surface area contributed by atoms with Crippen molar-refractivity contribution in [2.75, 3.05) is 17.0 Å². The van der Waals surface area contributed by atoms with E-state index in [9.17, 15) is 5.21 Å². The molecular weight excluding hydrogens is 265 g/mol. The van der Waals surface area contributed by atoms with E-state index < -0.39 is 0 Å². The first-order chi connectivity index (χ1) is 7.70. The number of aromatic nitrogens is 1. The van der Waals surface area contributed by atoms with Gasteiger partial charge in [0.15, 0.2) is 0 Å². The van der Waals surface area contributed by atoms with Crippen LogP contribution in [0.2, 0.25) is 0 Å². The molecule has 2 unspecified atom stereocenters. The monoisotopic (exact) mass is 277 g/mol. The Kier molecular flexibility index (Phi) is 2.09. The fraction of sp³-hybridized carbons (Fsp3) is 0.182. The number of pyridine rings is 1. The van der Waals surface area contributed by atoms with Crippen molar-refractivity contribution in [3.05, 3.63) is 30.5 Å². The van der Waals surface area contributed by atoms with Crippen molar-refractivity contribution in [2.24, 2.45) is 0 Å². The van der Waals surface area contributed by atoms with Crippen LogP contribution in [0, 0.1) is 0 Å². The van der Waals surface area contributed by atoms with Gasteiger partial charge in [0.05, 0.1) is 0 Å². The first-order valence-corrected chi connectivity index (χ1v) is 6.44. The van der Waals surface area contributed by atoms with Gasteiger partial charge in [-0.05, 0) is 0 Å². The summed E-state index contributed by atoms with van der Waals surface area (Å²) in [4.78, 5) is 6.38. The zero-order chi connectivity index (χ0) is 11.3. The van der Waals surface area contributed by atoms with Crippen LogP contribution >= 0.6 is 0 Å². The van der Waals surface area contributed by atoms with Gasteiger partial charge in [-0.1, -0.05) is 0 Å². The molecular formula is C11H12AsN3O. The molecule has 1 aromatic carbocycles. The Balaban J connectivity index is 2.36. The van der Waals surface area contributed by atoms with Crippen molar-refractivity contribution in [3.8, 4) is 0 Å². The van der Waals surface area contributed by atoms with Crippen LogP contribution < -0.4 is 9.96 Å². The molecule has 0 aliphatic carbocycles. The summed E-state index contributed by atoms with van der Waals surface area (Å²) in [6.07, 6.45) is 1.77. The molecule has 1 aliphatic heterocycles. The number of hydroxylamine groups is 1. The third kappa shape index (κ3) is 1.17. The Hall–Kier alpha value is -1.25. The first-order valence-electron chi connectivity index (χ1n) is 5.04. The summed E-state index contributed by atoms with van der Waals surface area (Å²) >= 11 is 1.48. The molecule has 0 bridgehead atoms. The molecule has 3 rings (SSSR count). The van der Waals surface area contributed by atoms with Gasteiger partial charge in [-0.15, -0.1) is 0 Å². The zero-order valence-electron chi connectivity index (χ0n) is 8.83. The predicted molar refractivity (Wildman–Crippen MR) is 66.7 cm³/mol. The Labute approximate surface area is 102 Å². The summed E-state index contributed by atoms with van der Waals surface area (Å²) in [5.74, 6) is 0. The second-order valence-electron chi connectivity index (χ2n) is 3.87. The predicted octanol–water partition coefficient (Wildman–Crippen LogP) is 0.797. The van der Waals surface area contributed by atoms with Gasteiger partial charge >= 0.3 is 102 Å². The van der Waals surface area contributed by atoms with Crippen LogP contribution in [-0.2, 0) is 0 Å². The first kappa shape index (κ1) is 9.94. The van der Waals surface area contributed by atoms with Crippen LogP contribution in [0.4, 0.5) is 11.4 Å². The van der Waals surface area contributed by atoms with Gasteiger partial charge in [-0.2, -0.15) is 0 Å². The number of benzene rings is 1. The summed E-state index contributed by atoms with van der Waals surface area (Å²) in [5, 5.41) is 12.4. The van der Waals surface area contributed by atoms with E-state index >= 15 is 0 Å². The molecule has 4 nitrogen and oxygen atoms in total. The molecule has 0 spiro atoms. The fourth-order valence-corrected chi connectivity index (χ4v) is 2.74. The van der Waals surface area contributed by atoms with E-state index in [0.29, 0.717) is 0 Å². The Morgan fingerprint density at radius 2 is 2.19 bits per heavy atom. The number of hydrogen-bond donors (Lipinski definition) is 1. The summed E-state index contributed by atoms with van der Waals surface area (Å²) in [6.45, 7) is 0. The molecule has 1 N–H and O–H groups in total. The van der Waals surface area contributed by atoms with Gasteiger partial charge in [0, 0.05) is 0 Å². The molecule has 0 saturated heterocycles. The quantitative estimate of drug-likeness (QED) is 0.723. The van der Waals surface area contributed by atoms with Crippen LogP contribution in [-0.4, -0.2) is 39.0 Å². The van der Waals surface area contributed by atoms with Crippen LogP contribution in [0.5, 0.6) is 0 Å². The molecule has 0 radical (unpaired) electrons. The van der Waals surface area contributed by atoms with Crippen molar-refractivity contribution in [1.29, 1.82) is 0 Å². The number of nitrogens with zero attached hydrogens (tertiary/aromatic N) is 3. The van der Waals surface area contributed by atoms with E-state index in [-0.39, 0.29) is 4.95 Å². The van der Waals surface area contributed by atoms with Crippen LogP contribution in [0.25, 0.3) is 10.9 Å². The molecule has 82 valence electrons. The summed E-state index contributed by atoms with van der Waals surface area (Å²) in [7, 11) is 1.99. The molecule has 2 aromatic rings. The van der Waals surface area contributed by atoms with E-state index in [2.05, 4.69) is 9.88 Å². The van der Waals surface area contributed by atoms with E-state index in [0.717, 1.165) is 22.3 Å². The summed E-state index contributed by atoms with van der Waals surface area (Å²) in [6, 6.07) is 7.88. The van der Waals surface area contributed by atoms with Gasteiger partial charge in [0.1, 0.15) is 0 Å². The molecule has 0 fully saturated rings.